The molecule has 0 unspecified atom stereocenters. The van der Waals surface area contributed by atoms with Gasteiger partial charge in [0.05, 0.1) is 7.11 Å². The minimum absolute atomic E-state index is 0.0469. The van der Waals surface area contributed by atoms with E-state index in [1.807, 2.05) is 78.9 Å². The van der Waals surface area contributed by atoms with Crippen LogP contribution in [0.15, 0.2) is 133 Å². The zero-order valence-corrected chi connectivity index (χ0v) is 25.2. The molecular formula is C37H37BO6. The number of allylic oxidation sites excluding steroid dienone is 1. The Kier molecular flexibility index (Phi) is 8.82. The van der Waals surface area contributed by atoms with Gasteiger partial charge in [0.25, 0.3) is 0 Å². The molecule has 1 saturated heterocycles. The quantitative estimate of drug-likeness (QED) is 0.112. The van der Waals surface area contributed by atoms with E-state index in [2.05, 4.69) is 48.5 Å². The van der Waals surface area contributed by atoms with Gasteiger partial charge in [-0.1, -0.05) is 127 Å². The molecule has 6 rings (SSSR count). The van der Waals surface area contributed by atoms with Crippen molar-refractivity contribution in [3.8, 4) is 0 Å². The molecule has 224 valence electrons. The summed E-state index contributed by atoms with van der Waals surface area (Å²) in [6.45, 7) is 0. The van der Waals surface area contributed by atoms with Crippen molar-refractivity contribution >= 4 is 13.1 Å². The molecule has 0 spiro atoms. The molecule has 2 aliphatic rings. The Morgan fingerprint density at radius 1 is 0.659 bits per heavy atom. The Morgan fingerprint density at radius 2 is 1.02 bits per heavy atom. The summed E-state index contributed by atoms with van der Waals surface area (Å²) >= 11 is 0. The Labute approximate surface area is 259 Å². The maximum absolute atomic E-state index is 11.8. The third-order valence-electron chi connectivity index (χ3n) is 9.01. The first-order chi connectivity index (χ1) is 21.6. The highest BCUT2D eigenvalue weighted by molar-refractivity contribution is 6.48. The summed E-state index contributed by atoms with van der Waals surface area (Å²) in [6, 6.07) is 40.7. The van der Waals surface area contributed by atoms with Crippen LogP contribution >= 0.6 is 0 Å². The molecule has 4 aromatic rings. The minimum atomic E-state index is -1.05. The summed E-state index contributed by atoms with van der Waals surface area (Å²) < 4.78 is 32.4. The van der Waals surface area contributed by atoms with Crippen molar-refractivity contribution in [1.29, 1.82) is 0 Å². The molecule has 6 nitrogen and oxygen atoms in total. The normalized spacial score (nSPS) is 21.8. The molecule has 0 bridgehead atoms. The number of methoxy groups -OCH3 is 3. The summed E-state index contributed by atoms with van der Waals surface area (Å²) in [5, 5.41) is 0. The molecule has 1 saturated carbocycles. The molecule has 1 aliphatic heterocycles. The Bertz CT molecular complexity index is 1370. The van der Waals surface area contributed by atoms with Crippen LogP contribution in [0, 0.1) is 5.92 Å². The van der Waals surface area contributed by atoms with Crippen molar-refractivity contribution in [2.24, 2.45) is 5.92 Å². The molecule has 1 aliphatic carbocycles. The molecule has 0 amide bonds. The maximum Gasteiger partial charge on any atom is 0.461 e. The summed E-state index contributed by atoms with van der Waals surface area (Å²) in [7, 11) is 4.27. The van der Waals surface area contributed by atoms with Gasteiger partial charge in [0.2, 0.25) is 0 Å². The van der Waals surface area contributed by atoms with Crippen molar-refractivity contribution in [1.82, 2.24) is 0 Å². The van der Waals surface area contributed by atoms with Gasteiger partial charge < -0.3 is 23.5 Å². The van der Waals surface area contributed by atoms with Crippen LogP contribution in [-0.4, -0.2) is 46.6 Å². The molecule has 4 aromatic carbocycles. The van der Waals surface area contributed by atoms with E-state index in [9.17, 15) is 4.79 Å². The largest absolute Gasteiger partial charge is 0.466 e. The van der Waals surface area contributed by atoms with E-state index >= 15 is 0 Å². The smallest absolute Gasteiger partial charge is 0.461 e. The fourth-order valence-electron chi connectivity index (χ4n) is 6.76. The van der Waals surface area contributed by atoms with E-state index in [4.69, 9.17) is 23.5 Å². The van der Waals surface area contributed by atoms with Crippen LogP contribution in [0.2, 0.25) is 5.82 Å². The van der Waals surface area contributed by atoms with Gasteiger partial charge in [0.15, 0.2) is 0 Å². The van der Waals surface area contributed by atoms with Gasteiger partial charge in [-0.3, -0.25) is 0 Å². The fourth-order valence-corrected chi connectivity index (χ4v) is 6.76. The lowest BCUT2D eigenvalue weighted by Gasteiger charge is -2.47. The van der Waals surface area contributed by atoms with E-state index in [1.54, 1.807) is 14.2 Å². The number of benzene rings is 4. The molecule has 2 fully saturated rings. The highest BCUT2D eigenvalue weighted by Gasteiger charge is 2.65. The SMILES string of the molecule is COC(=O)/C=C/[C@H]1C[C@@H]1B1O[C@@H](C(OC)(c2ccccc2)c2ccccc2)[C@H](C(OC)(c2ccccc2)c2ccccc2)O1. The van der Waals surface area contributed by atoms with Crippen LogP contribution < -0.4 is 0 Å². The van der Waals surface area contributed by atoms with Crippen LogP contribution in [0.25, 0.3) is 0 Å². The lowest BCUT2D eigenvalue weighted by molar-refractivity contribution is -0.136. The number of carbonyl (C=O) groups is 1. The van der Waals surface area contributed by atoms with Gasteiger partial charge >= 0.3 is 13.1 Å². The maximum atomic E-state index is 11.8. The molecule has 0 aromatic heterocycles. The average molecular weight is 589 g/mol. The molecule has 7 heteroatoms. The summed E-state index contributed by atoms with van der Waals surface area (Å²) in [5.74, 6) is -0.210. The first-order valence-electron chi connectivity index (χ1n) is 15.0. The number of rotatable bonds is 11. The zero-order chi connectivity index (χ0) is 30.6. The van der Waals surface area contributed by atoms with E-state index in [0.29, 0.717) is 0 Å². The predicted octanol–water partition coefficient (Wildman–Crippen LogP) is 6.56. The van der Waals surface area contributed by atoms with Crippen molar-refractivity contribution in [2.75, 3.05) is 21.3 Å². The standard InChI is InChI=1S/C37H37BO6/c1-40-33(39)25-24-27-26-32(27)38-43-34(36(41-2,28-16-8-4-9-17-28)29-18-10-5-11-19-29)35(44-38)37(42-3,30-20-12-6-13-21-30)31-22-14-7-15-23-31/h4-25,27,32,34-35H,26H2,1-3H3/b25-24+/t27-,32-,34+,35+/m0/s1. The third kappa shape index (κ3) is 5.31. The van der Waals surface area contributed by atoms with Crippen LogP contribution in [0.1, 0.15) is 28.7 Å². The lowest BCUT2D eigenvalue weighted by atomic mass is 9.71. The van der Waals surface area contributed by atoms with E-state index < -0.39 is 30.5 Å². The highest BCUT2D eigenvalue weighted by Crippen LogP contribution is 2.56. The van der Waals surface area contributed by atoms with Gasteiger partial charge in [0, 0.05) is 26.1 Å². The molecule has 1 heterocycles. The second kappa shape index (κ2) is 12.9. The fraction of sp³-hybridized carbons (Fsp3) is 0.270. The van der Waals surface area contributed by atoms with Crippen LogP contribution in [0.4, 0.5) is 0 Å². The molecule has 44 heavy (non-hydrogen) atoms. The number of hydrogen-bond donors (Lipinski definition) is 0. The van der Waals surface area contributed by atoms with E-state index in [-0.39, 0.29) is 17.7 Å². The van der Waals surface area contributed by atoms with E-state index in [0.717, 1.165) is 28.7 Å². The molecule has 0 N–H and O–H groups in total. The van der Waals surface area contributed by atoms with Gasteiger partial charge in [-0.2, -0.15) is 0 Å². The second-order valence-electron chi connectivity index (χ2n) is 11.3. The first-order valence-corrected chi connectivity index (χ1v) is 15.0. The summed E-state index contributed by atoms with van der Waals surface area (Å²) in [4.78, 5) is 11.8. The van der Waals surface area contributed by atoms with Crippen LogP contribution in [0.5, 0.6) is 0 Å². The predicted molar refractivity (Wildman–Crippen MR) is 170 cm³/mol. The number of carbonyl (C=O) groups excluding carboxylic acids is 1. The number of esters is 1. The minimum Gasteiger partial charge on any atom is -0.466 e. The Balaban J connectivity index is 1.55. The van der Waals surface area contributed by atoms with Crippen molar-refractivity contribution in [3.63, 3.8) is 0 Å². The average Bonchev–Trinajstić information content (AvgIpc) is 3.75. The number of ether oxygens (including phenoxy) is 3. The Hall–Kier alpha value is -4.01. The van der Waals surface area contributed by atoms with Gasteiger partial charge in [-0.05, 0) is 34.6 Å². The van der Waals surface area contributed by atoms with Crippen molar-refractivity contribution in [3.05, 3.63) is 156 Å². The molecule has 4 atom stereocenters. The van der Waals surface area contributed by atoms with Gasteiger partial charge in [-0.25, -0.2) is 4.79 Å². The first kappa shape index (κ1) is 30.0. The Morgan fingerprint density at radius 3 is 1.34 bits per heavy atom. The molecule has 0 radical (unpaired) electrons. The van der Waals surface area contributed by atoms with Gasteiger partial charge in [0.1, 0.15) is 23.4 Å². The third-order valence-corrected chi connectivity index (χ3v) is 9.01. The van der Waals surface area contributed by atoms with Crippen molar-refractivity contribution in [2.45, 2.75) is 35.6 Å². The summed E-state index contributed by atoms with van der Waals surface area (Å²) in [6.07, 6.45) is 2.91. The van der Waals surface area contributed by atoms with E-state index in [1.165, 1.54) is 13.2 Å². The lowest BCUT2D eigenvalue weighted by Crippen LogP contribution is -2.56. The summed E-state index contributed by atoms with van der Waals surface area (Å²) in [5.41, 5.74) is 1.66. The molecular weight excluding hydrogens is 551 g/mol. The van der Waals surface area contributed by atoms with Crippen LogP contribution in [-0.2, 0) is 39.5 Å². The number of hydrogen-bond acceptors (Lipinski definition) is 6. The van der Waals surface area contributed by atoms with Crippen LogP contribution in [0.3, 0.4) is 0 Å². The monoisotopic (exact) mass is 588 g/mol. The zero-order valence-electron chi connectivity index (χ0n) is 25.2. The van der Waals surface area contributed by atoms with Crippen molar-refractivity contribution < 1.29 is 28.3 Å². The van der Waals surface area contributed by atoms with Gasteiger partial charge in [-0.15, -0.1) is 0 Å². The topological polar surface area (TPSA) is 63.2 Å². The highest BCUT2D eigenvalue weighted by atomic mass is 16.7. The second-order valence-corrected chi connectivity index (χ2v) is 11.3.